The van der Waals surface area contributed by atoms with Crippen LogP contribution in [0.5, 0.6) is 0 Å². The van der Waals surface area contributed by atoms with E-state index < -0.39 is 6.10 Å². The number of nitrogens with two attached hydrogens (primary N) is 1. The third-order valence-corrected chi connectivity index (χ3v) is 3.92. The molecule has 0 aliphatic heterocycles. The molecule has 19 heavy (non-hydrogen) atoms. The van der Waals surface area contributed by atoms with Crippen LogP contribution in [0.1, 0.15) is 17.2 Å². The molecule has 2 rings (SSSR count). The second-order valence-corrected chi connectivity index (χ2v) is 6.01. The summed E-state index contributed by atoms with van der Waals surface area (Å²) in [5.41, 5.74) is 7.88. The summed E-state index contributed by atoms with van der Waals surface area (Å²) in [5, 5.41) is 10.2. The van der Waals surface area contributed by atoms with Gasteiger partial charge in [-0.15, -0.1) is 0 Å². The average Bonchev–Trinajstić information content (AvgIpc) is 2.36. The molecule has 0 aromatic heterocycles. The van der Waals surface area contributed by atoms with E-state index in [9.17, 15) is 9.50 Å². The van der Waals surface area contributed by atoms with E-state index in [1.165, 1.54) is 6.07 Å². The highest BCUT2D eigenvalue weighted by atomic mass is 79.9. The SMILES string of the molecule is Nc1ccc(Br)cc1C(O)Cc1ccc(F)c(Br)c1. The van der Waals surface area contributed by atoms with Gasteiger partial charge in [-0.2, -0.15) is 0 Å². The number of aliphatic hydroxyl groups excluding tert-OH is 1. The average molecular weight is 389 g/mol. The lowest BCUT2D eigenvalue weighted by Crippen LogP contribution is -2.05. The Hall–Kier alpha value is -0.910. The van der Waals surface area contributed by atoms with Crippen molar-refractivity contribution in [1.29, 1.82) is 0 Å². The van der Waals surface area contributed by atoms with Crippen LogP contribution in [0.4, 0.5) is 10.1 Å². The van der Waals surface area contributed by atoms with Gasteiger partial charge in [0.25, 0.3) is 0 Å². The first kappa shape index (κ1) is 14.5. The van der Waals surface area contributed by atoms with Crippen molar-refractivity contribution in [2.24, 2.45) is 0 Å². The predicted molar refractivity (Wildman–Crippen MR) is 81.3 cm³/mol. The predicted octanol–water partition coefficient (Wildman–Crippen LogP) is 4.21. The topological polar surface area (TPSA) is 46.2 Å². The third kappa shape index (κ3) is 3.55. The van der Waals surface area contributed by atoms with Crippen LogP contribution in [0, 0.1) is 5.82 Å². The van der Waals surface area contributed by atoms with Gasteiger partial charge in [0.1, 0.15) is 5.82 Å². The summed E-state index contributed by atoms with van der Waals surface area (Å²) in [7, 11) is 0. The molecule has 0 heterocycles. The fourth-order valence-electron chi connectivity index (χ4n) is 1.83. The Balaban J connectivity index is 2.22. The maximum Gasteiger partial charge on any atom is 0.137 e. The Morgan fingerprint density at radius 3 is 2.58 bits per heavy atom. The zero-order chi connectivity index (χ0) is 14.0. The highest BCUT2D eigenvalue weighted by Crippen LogP contribution is 2.28. The molecule has 2 aromatic carbocycles. The van der Waals surface area contributed by atoms with Crippen LogP contribution < -0.4 is 5.73 Å². The smallest absolute Gasteiger partial charge is 0.137 e. The molecule has 2 aromatic rings. The molecule has 0 bridgehead atoms. The molecule has 5 heteroatoms. The summed E-state index contributed by atoms with van der Waals surface area (Å²) in [6.07, 6.45) is -0.352. The molecule has 0 aliphatic carbocycles. The lowest BCUT2D eigenvalue weighted by molar-refractivity contribution is 0.179. The van der Waals surface area contributed by atoms with Crippen LogP contribution in [0.2, 0.25) is 0 Å². The fourth-order valence-corrected chi connectivity index (χ4v) is 2.64. The third-order valence-electron chi connectivity index (χ3n) is 2.82. The Morgan fingerprint density at radius 2 is 1.89 bits per heavy atom. The molecule has 3 N–H and O–H groups in total. The normalized spacial score (nSPS) is 12.4. The van der Waals surface area contributed by atoms with Crippen molar-refractivity contribution in [1.82, 2.24) is 0 Å². The maximum absolute atomic E-state index is 13.1. The number of nitrogen functional groups attached to an aromatic ring is 1. The Bertz CT molecular complexity index is 604. The van der Waals surface area contributed by atoms with Gasteiger partial charge < -0.3 is 10.8 Å². The van der Waals surface area contributed by atoms with Gasteiger partial charge in [-0.05, 0) is 51.8 Å². The molecule has 1 atom stereocenters. The Morgan fingerprint density at radius 1 is 1.16 bits per heavy atom. The Labute approximate surface area is 127 Å². The van der Waals surface area contributed by atoms with Gasteiger partial charge in [0.05, 0.1) is 10.6 Å². The van der Waals surface area contributed by atoms with Crippen molar-refractivity contribution in [3.63, 3.8) is 0 Å². The lowest BCUT2D eigenvalue weighted by Gasteiger charge is -2.14. The van der Waals surface area contributed by atoms with Crippen molar-refractivity contribution in [3.8, 4) is 0 Å². The molecular formula is C14H12Br2FNO. The molecule has 0 radical (unpaired) electrons. The first-order valence-corrected chi connectivity index (χ1v) is 7.23. The van der Waals surface area contributed by atoms with Crippen molar-refractivity contribution in [3.05, 3.63) is 62.3 Å². The van der Waals surface area contributed by atoms with Crippen LogP contribution in [-0.2, 0) is 6.42 Å². The second kappa shape index (κ2) is 6.03. The summed E-state index contributed by atoms with van der Waals surface area (Å²) in [6, 6.07) is 10.0. The number of aliphatic hydroxyl groups is 1. The van der Waals surface area contributed by atoms with E-state index in [0.29, 0.717) is 22.1 Å². The summed E-state index contributed by atoms with van der Waals surface area (Å²) >= 11 is 6.48. The molecular weight excluding hydrogens is 377 g/mol. The first-order valence-electron chi connectivity index (χ1n) is 5.64. The minimum Gasteiger partial charge on any atom is -0.398 e. The number of rotatable bonds is 3. The van der Waals surface area contributed by atoms with Gasteiger partial charge in [0, 0.05) is 22.1 Å². The van der Waals surface area contributed by atoms with E-state index >= 15 is 0 Å². The molecule has 0 fully saturated rings. The molecule has 0 aliphatic rings. The second-order valence-electron chi connectivity index (χ2n) is 4.24. The van der Waals surface area contributed by atoms with Gasteiger partial charge in [0.15, 0.2) is 0 Å². The standard InChI is InChI=1S/C14H12Br2FNO/c15-9-2-4-13(18)10(7-9)14(19)6-8-1-3-12(17)11(16)5-8/h1-5,7,14,19H,6,18H2. The van der Waals surface area contributed by atoms with Gasteiger partial charge in [-0.25, -0.2) is 4.39 Å². The minimum atomic E-state index is -0.727. The van der Waals surface area contributed by atoms with Crippen molar-refractivity contribution in [2.45, 2.75) is 12.5 Å². The zero-order valence-electron chi connectivity index (χ0n) is 9.91. The molecule has 0 spiro atoms. The quantitative estimate of drug-likeness (QED) is 0.773. The van der Waals surface area contributed by atoms with E-state index in [1.54, 1.807) is 24.3 Å². The van der Waals surface area contributed by atoms with Crippen LogP contribution >= 0.6 is 31.9 Å². The van der Waals surface area contributed by atoms with Gasteiger partial charge in [0.2, 0.25) is 0 Å². The summed E-state index contributed by atoms with van der Waals surface area (Å²) in [4.78, 5) is 0. The lowest BCUT2D eigenvalue weighted by atomic mass is 10.00. The van der Waals surface area contributed by atoms with E-state index in [-0.39, 0.29) is 5.82 Å². The van der Waals surface area contributed by atoms with Gasteiger partial charge in [-0.1, -0.05) is 22.0 Å². The molecule has 0 amide bonds. The molecule has 2 nitrogen and oxygen atoms in total. The fraction of sp³-hybridized carbons (Fsp3) is 0.143. The largest absolute Gasteiger partial charge is 0.398 e. The molecule has 100 valence electrons. The summed E-state index contributed by atoms with van der Waals surface area (Å²) < 4.78 is 14.4. The van der Waals surface area contributed by atoms with Crippen molar-refractivity contribution >= 4 is 37.5 Å². The number of hydrogen-bond acceptors (Lipinski definition) is 2. The summed E-state index contributed by atoms with van der Waals surface area (Å²) in [6.45, 7) is 0. The highest BCUT2D eigenvalue weighted by molar-refractivity contribution is 9.10. The van der Waals surface area contributed by atoms with E-state index in [4.69, 9.17) is 5.73 Å². The number of anilines is 1. The minimum absolute atomic E-state index is 0.319. The molecule has 0 saturated carbocycles. The van der Waals surface area contributed by atoms with Crippen LogP contribution in [0.15, 0.2) is 45.3 Å². The monoisotopic (exact) mass is 387 g/mol. The van der Waals surface area contributed by atoms with Crippen molar-refractivity contribution < 1.29 is 9.50 Å². The number of halogens is 3. The highest BCUT2D eigenvalue weighted by Gasteiger charge is 2.13. The summed E-state index contributed by atoms with van der Waals surface area (Å²) in [5.74, 6) is -0.319. The Kier molecular flexibility index (Phi) is 4.60. The van der Waals surface area contributed by atoms with Crippen molar-refractivity contribution in [2.75, 3.05) is 5.73 Å². The number of hydrogen-bond donors (Lipinski definition) is 2. The van der Waals surface area contributed by atoms with Crippen LogP contribution in [0.3, 0.4) is 0 Å². The van der Waals surface area contributed by atoms with Gasteiger partial charge >= 0.3 is 0 Å². The maximum atomic E-state index is 13.1. The zero-order valence-corrected chi connectivity index (χ0v) is 13.1. The molecule has 1 unspecified atom stereocenters. The van der Waals surface area contributed by atoms with Crippen LogP contribution in [-0.4, -0.2) is 5.11 Å². The van der Waals surface area contributed by atoms with E-state index in [1.807, 2.05) is 6.07 Å². The van der Waals surface area contributed by atoms with E-state index in [0.717, 1.165) is 10.0 Å². The van der Waals surface area contributed by atoms with Gasteiger partial charge in [-0.3, -0.25) is 0 Å². The molecule has 0 saturated heterocycles. The first-order chi connectivity index (χ1) is 8.97. The van der Waals surface area contributed by atoms with Crippen LogP contribution in [0.25, 0.3) is 0 Å². The van der Waals surface area contributed by atoms with E-state index in [2.05, 4.69) is 31.9 Å². The number of benzene rings is 2.